The van der Waals surface area contributed by atoms with Gasteiger partial charge in [0.1, 0.15) is 0 Å². The fourth-order valence-electron chi connectivity index (χ4n) is 2.82. The van der Waals surface area contributed by atoms with Gasteiger partial charge in [-0.25, -0.2) is 0 Å². The highest BCUT2D eigenvalue weighted by atomic mass is 19.4. The second-order valence-corrected chi connectivity index (χ2v) is 7.49. The van der Waals surface area contributed by atoms with Gasteiger partial charge in [-0.3, -0.25) is 9.79 Å². The lowest BCUT2D eigenvalue weighted by Gasteiger charge is -2.11. The minimum absolute atomic E-state index is 0.0945. The number of carboxylic acids is 1. The Morgan fingerprint density at radius 2 is 1.82 bits per heavy atom. The molecule has 0 bridgehead atoms. The first-order chi connectivity index (χ1) is 15.7. The van der Waals surface area contributed by atoms with Gasteiger partial charge in [0, 0.05) is 25.1 Å². The molecule has 184 valence electrons. The summed E-state index contributed by atoms with van der Waals surface area (Å²) < 4.78 is 49.5. The van der Waals surface area contributed by atoms with Gasteiger partial charge in [0.2, 0.25) is 5.90 Å². The monoisotopic (exact) mass is 469 g/mol. The predicted molar refractivity (Wildman–Crippen MR) is 124 cm³/mol. The Balaban J connectivity index is 2.54. The van der Waals surface area contributed by atoms with Crippen molar-refractivity contribution < 1.29 is 32.5 Å². The molecule has 0 radical (unpaired) electrons. The maximum Gasteiger partial charge on any atom is 0.416 e. The number of allylic oxidation sites excluding steroid dienone is 3. The topological polar surface area (TPSA) is 68.1 Å². The van der Waals surface area contributed by atoms with Crippen LogP contribution in [-0.2, 0) is 20.4 Å². The number of rotatable bonds is 14. The highest BCUT2D eigenvalue weighted by Gasteiger charge is 2.30. The molecule has 0 aliphatic rings. The molecule has 0 aromatic heterocycles. The van der Waals surface area contributed by atoms with Crippen LogP contribution < -0.4 is 0 Å². The summed E-state index contributed by atoms with van der Waals surface area (Å²) in [7, 11) is 0. The van der Waals surface area contributed by atoms with E-state index in [2.05, 4.69) is 4.99 Å². The number of hydrogen-bond donors (Lipinski definition) is 1. The molecule has 1 aromatic carbocycles. The summed E-state index contributed by atoms with van der Waals surface area (Å²) in [5, 5.41) is 8.88. The molecule has 0 amide bonds. The van der Waals surface area contributed by atoms with E-state index in [0.29, 0.717) is 50.7 Å². The Morgan fingerprint density at radius 3 is 2.39 bits per heavy atom. The van der Waals surface area contributed by atoms with E-state index < -0.39 is 17.7 Å². The minimum Gasteiger partial charge on any atom is -0.481 e. The minimum atomic E-state index is -4.38. The van der Waals surface area contributed by atoms with Crippen molar-refractivity contribution in [2.24, 2.45) is 4.99 Å². The lowest BCUT2D eigenvalue weighted by Crippen LogP contribution is -2.11. The Labute approximate surface area is 194 Å². The van der Waals surface area contributed by atoms with Crippen LogP contribution in [0.4, 0.5) is 13.2 Å². The fourth-order valence-corrected chi connectivity index (χ4v) is 2.82. The number of benzene rings is 1. The second kappa shape index (κ2) is 15.3. The van der Waals surface area contributed by atoms with Gasteiger partial charge in [0.05, 0.1) is 18.8 Å². The van der Waals surface area contributed by atoms with Crippen molar-refractivity contribution in [3.63, 3.8) is 0 Å². The molecule has 33 heavy (non-hydrogen) atoms. The smallest absolute Gasteiger partial charge is 0.416 e. The molecule has 0 spiro atoms. The van der Waals surface area contributed by atoms with Gasteiger partial charge in [0.25, 0.3) is 0 Å². The first-order valence-electron chi connectivity index (χ1n) is 11.2. The van der Waals surface area contributed by atoms with Crippen molar-refractivity contribution in [1.82, 2.24) is 0 Å². The van der Waals surface area contributed by atoms with E-state index in [1.54, 1.807) is 0 Å². The number of aliphatic carboxylic acids is 1. The predicted octanol–water partition coefficient (Wildman–Crippen LogP) is 6.43. The largest absolute Gasteiger partial charge is 0.481 e. The molecule has 0 aliphatic heterocycles. The van der Waals surface area contributed by atoms with E-state index >= 15 is 0 Å². The van der Waals surface area contributed by atoms with E-state index in [0.717, 1.165) is 36.1 Å². The molecule has 1 aromatic rings. The zero-order valence-electron chi connectivity index (χ0n) is 19.6. The Hall–Kier alpha value is -2.61. The van der Waals surface area contributed by atoms with Crippen molar-refractivity contribution in [2.45, 2.75) is 59.1 Å². The lowest BCUT2D eigenvalue weighted by atomic mass is 10.0. The van der Waals surface area contributed by atoms with Crippen LogP contribution in [-0.4, -0.2) is 43.3 Å². The third kappa shape index (κ3) is 11.7. The number of carbonyl (C=O) groups is 1. The number of ether oxygens (including phenoxy) is 2. The molecule has 0 unspecified atom stereocenters. The van der Waals surface area contributed by atoms with Gasteiger partial charge < -0.3 is 14.6 Å². The van der Waals surface area contributed by atoms with Gasteiger partial charge in [-0.05, 0) is 62.4 Å². The quantitative estimate of drug-likeness (QED) is 0.147. The standard InChI is InChI=1S/C25H34F3NO4/c1-4-16-33-24(21-9-12-22(13-10-21)25(26,27)28)29-15-7-18-32-17-6-8-20(19(3)5-2)11-14-23(30)31/h6,8-10,12-13H,4-5,7,11,14-18H2,1-3H3,(H,30,31)/b8-6-,20-19-,29-24?. The molecule has 5 nitrogen and oxygen atoms in total. The van der Waals surface area contributed by atoms with Crippen molar-refractivity contribution in [3.8, 4) is 0 Å². The molecule has 0 aliphatic carbocycles. The molecule has 0 saturated carbocycles. The molecular formula is C25H34F3NO4. The summed E-state index contributed by atoms with van der Waals surface area (Å²) >= 11 is 0. The van der Waals surface area contributed by atoms with Crippen LogP contribution in [0.15, 0.2) is 52.6 Å². The summed E-state index contributed by atoms with van der Waals surface area (Å²) in [5.41, 5.74) is 1.97. The van der Waals surface area contributed by atoms with E-state index in [-0.39, 0.29) is 6.42 Å². The number of hydrogen-bond acceptors (Lipinski definition) is 4. The highest BCUT2D eigenvalue weighted by Crippen LogP contribution is 2.29. The second-order valence-electron chi connectivity index (χ2n) is 7.49. The zero-order valence-corrected chi connectivity index (χ0v) is 19.6. The number of aliphatic imine (C=N–C) groups is 1. The number of carboxylic acid groups (broad SMARTS) is 1. The first-order valence-corrected chi connectivity index (χ1v) is 11.2. The van der Waals surface area contributed by atoms with Crippen LogP contribution in [0.2, 0.25) is 0 Å². The van der Waals surface area contributed by atoms with Crippen molar-refractivity contribution >= 4 is 11.9 Å². The van der Waals surface area contributed by atoms with Crippen LogP contribution in [0.1, 0.15) is 64.0 Å². The summed E-state index contributed by atoms with van der Waals surface area (Å²) in [6.45, 7) is 7.67. The normalized spacial score (nSPS) is 13.3. The summed E-state index contributed by atoms with van der Waals surface area (Å²) in [5.74, 6) is -0.492. The zero-order chi connectivity index (χ0) is 24.7. The Kier molecular flexibility index (Phi) is 13.1. The van der Waals surface area contributed by atoms with Gasteiger partial charge >= 0.3 is 12.1 Å². The summed E-state index contributed by atoms with van der Waals surface area (Å²) in [6.07, 6.45) is 2.24. The molecule has 0 atom stereocenters. The molecule has 0 fully saturated rings. The van der Waals surface area contributed by atoms with Crippen molar-refractivity contribution in [2.75, 3.05) is 26.4 Å². The molecule has 1 rings (SSSR count). The average molecular weight is 470 g/mol. The first kappa shape index (κ1) is 28.4. The van der Waals surface area contributed by atoms with Crippen molar-refractivity contribution in [3.05, 3.63) is 58.7 Å². The molecule has 8 heteroatoms. The maximum absolute atomic E-state index is 12.8. The fraction of sp³-hybridized carbons (Fsp3) is 0.520. The van der Waals surface area contributed by atoms with Crippen LogP contribution in [0.3, 0.4) is 0 Å². The average Bonchev–Trinajstić information content (AvgIpc) is 2.78. The molecule has 0 saturated heterocycles. The van der Waals surface area contributed by atoms with Gasteiger partial charge in [0.15, 0.2) is 0 Å². The number of alkyl halides is 3. The van der Waals surface area contributed by atoms with E-state index in [1.165, 1.54) is 12.1 Å². The third-order valence-electron chi connectivity index (χ3n) is 4.82. The van der Waals surface area contributed by atoms with Crippen LogP contribution in [0.5, 0.6) is 0 Å². The van der Waals surface area contributed by atoms with Gasteiger partial charge in [-0.15, -0.1) is 0 Å². The van der Waals surface area contributed by atoms with Gasteiger partial charge in [-0.1, -0.05) is 31.6 Å². The summed E-state index contributed by atoms with van der Waals surface area (Å²) in [4.78, 5) is 15.2. The lowest BCUT2D eigenvalue weighted by molar-refractivity contribution is -0.138. The van der Waals surface area contributed by atoms with E-state index in [9.17, 15) is 18.0 Å². The van der Waals surface area contributed by atoms with Crippen LogP contribution in [0.25, 0.3) is 0 Å². The third-order valence-corrected chi connectivity index (χ3v) is 4.82. The van der Waals surface area contributed by atoms with Crippen LogP contribution >= 0.6 is 0 Å². The SMILES string of the molecule is CCCOC(=NCCCOC/C=C\C(CCC(=O)O)=C(/C)CC)c1ccc(C(F)(F)F)cc1. The molecular weight excluding hydrogens is 435 g/mol. The molecule has 0 heterocycles. The maximum atomic E-state index is 12.8. The highest BCUT2D eigenvalue weighted by molar-refractivity contribution is 5.94. The molecule has 1 N–H and O–H groups in total. The van der Waals surface area contributed by atoms with E-state index in [1.807, 2.05) is 32.9 Å². The van der Waals surface area contributed by atoms with Crippen LogP contribution in [0, 0.1) is 0 Å². The Bertz CT molecular complexity index is 812. The summed E-state index contributed by atoms with van der Waals surface area (Å²) in [6, 6.07) is 4.78. The van der Waals surface area contributed by atoms with E-state index in [4.69, 9.17) is 14.6 Å². The number of halogens is 3. The van der Waals surface area contributed by atoms with Crippen molar-refractivity contribution in [1.29, 1.82) is 0 Å². The Morgan fingerprint density at radius 1 is 1.12 bits per heavy atom. The number of nitrogens with zero attached hydrogens (tertiary/aromatic N) is 1. The van der Waals surface area contributed by atoms with Gasteiger partial charge in [-0.2, -0.15) is 13.2 Å².